The zero-order valence-electron chi connectivity index (χ0n) is 12.8. The first-order chi connectivity index (χ1) is 10.2. The fourth-order valence-electron chi connectivity index (χ4n) is 3.48. The number of fused-ring (bicyclic) bond motifs is 1. The Kier molecular flexibility index (Phi) is 4.44. The van der Waals surface area contributed by atoms with E-state index in [1.54, 1.807) is 0 Å². The Morgan fingerprint density at radius 1 is 1.38 bits per heavy atom. The molecule has 0 radical (unpaired) electrons. The second-order valence-corrected chi connectivity index (χ2v) is 6.27. The molecule has 2 unspecified atom stereocenters. The van der Waals surface area contributed by atoms with E-state index in [0.29, 0.717) is 0 Å². The minimum absolute atomic E-state index is 0.0107. The van der Waals surface area contributed by atoms with Crippen molar-refractivity contribution in [3.8, 4) is 0 Å². The van der Waals surface area contributed by atoms with Crippen molar-refractivity contribution in [3.63, 3.8) is 0 Å². The van der Waals surface area contributed by atoms with Gasteiger partial charge in [-0.15, -0.1) is 0 Å². The maximum Gasteiger partial charge on any atom is 0.227 e. The summed E-state index contributed by atoms with van der Waals surface area (Å²) in [7, 11) is 0. The Morgan fingerprint density at radius 3 is 2.95 bits per heavy atom. The molecular formula is C17H25N3O. The summed E-state index contributed by atoms with van der Waals surface area (Å²) in [6.07, 6.45) is 3.46. The number of benzene rings is 1. The fraction of sp³-hybridized carbons (Fsp3) is 0.588. The molecule has 1 amide bonds. The lowest BCUT2D eigenvalue weighted by molar-refractivity contribution is -0.123. The number of anilines is 1. The summed E-state index contributed by atoms with van der Waals surface area (Å²) in [6.45, 7) is 6.31. The van der Waals surface area contributed by atoms with Crippen LogP contribution < -0.4 is 10.6 Å². The van der Waals surface area contributed by atoms with Crippen molar-refractivity contribution in [3.05, 3.63) is 29.8 Å². The molecule has 3 rings (SSSR count). The molecular weight excluding hydrogens is 262 g/mol. The van der Waals surface area contributed by atoms with Crippen LogP contribution in [0.5, 0.6) is 0 Å². The van der Waals surface area contributed by atoms with Gasteiger partial charge in [-0.3, -0.25) is 4.79 Å². The lowest BCUT2D eigenvalue weighted by Crippen LogP contribution is -2.43. The van der Waals surface area contributed by atoms with Gasteiger partial charge in [0.2, 0.25) is 5.91 Å². The third-order valence-electron chi connectivity index (χ3n) is 4.52. The number of carbonyl (C=O) groups is 1. The van der Waals surface area contributed by atoms with E-state index in [1.807, 2.05) is 12.1 Å². The van der Waals surface area contributed by atoms with E-state index in [1.165, 1.54) is 25.9 Å². The molecule has 0 aliphatic carbocycles. The minimum atomic E-state index is -0.0107. The molecule has 2 heterocycles. The first kappa shape index (κ1) is 14.4. The first-order valence-electron chi connectivity index (χ1n) is 8.09. The van der Waals surface area contributed by atoms with Crippen LogP contribution in [0, 0.1) is 0 Å². The molecule has 2 aliphatic rings. The molecule has 4 nitrogen and oxygen atoms in total. The van der Waals surface area contributed by atoms with Crippen LogP contribution in [0.1, 0.15) is 37.7 Å². The Bertz CT molecular complexity index is 497. The molecule has 21 heavy (non-hydrogen) atoms. The molecule has 2 aliphatic heterocycles. The second kappa shape index (κ2) is 6.48. The van der Waals surface area contributed by atoms with Gasteiger partial charge >= 0.3 is 0 Å². The van der Waals surface area contributed by atoms with Crippen LogP contribution in [-0.4, -0.2) is 43.0 Å². The predicted molar refractivity (Wildman–Crippen MR) is 85.6 cm³/mol. The smallest absolute Gasteiger partial charge is 0.227 e. The van der Waals surface area contributed by atoms with E-state index in [-0.39, 0.29) is 17.9 Å². The number of nitrogens with zero attached hydrogens (tertiary/aromatic N) is 1. The molecule has 0 spiro atoms. The van der Waals surface area contributed by atoms with Gasteiger partial charge in [0, 0.05) is 24.8 Å². The number of amides is 1. The summed E-state index contributed by atoms with van der Waals surface area (Å²) < 4.78 is 0. The topological polar surface area (TPSA) is 44.4 Å². The highest BCUT2D eigenvalue weighted by Crippen LogP contribution is 2.31. The van der Waals surface area contributed by atoms with Gasteiger partial charge in [0.05, 0.1) is 5.92 Å². The van der Waals surface area contributed by atoms with Crippen molar-refractivity contribution in [1.29, 1.82) is 0 Å². The van der Waals surface area contributed by atoms with Crippen molar-refractivity contribution in [2.24, 2.45) is 0 Å². The van der Waals surface area contributed by atoms with Crippen LogP contribution in [0.15, 0.2) is 24.3 Å². The Labute approximate surface area is 126 Å². The van der Waals surface area contributed by atoms with E-state index in [0.717, 1.165) is 30.8 Å². The molecule has 0 aromatic heterocycles. The molecule has 2 atom stereocenters. The standard InChI is InChI=1S/C17H25N3O/c1-13(12-20-10-4-5-11-20)19-17(21)15-8-9-18-16-7-3-2-6-14(15)16/h2-3,6-7,13,15,18H,4-5,8-12H2,1H3,(H,19,21). The van der Waals surface area contributed by atoms with E-state index < -0.39 is 0 Å². The quantitative estimate of drug-likeness (QED) is 0.892. The lowest BCUT2D eigenvalue weighted by atomic mass is 9.90. The van der Waals surface area contributed by atoms with Gasteiger partial charge in [-0.25, -0.2) is 0 Å². The molecule has 1 aromatic carbocycles. The summed E-state index contributed by atoms with van der Waals surface area (Å²) >= 11 is 0. The third kappa shape index (κ3) is 3.38. The van der Waals surface area contributed by atoms with Gasteiger partial charge in [0.1, 0.15) is 0 Å². The predicted octanol–water partition coefficient (Wildman–Crippen LogP) is 2.19. The highest BCUT2D eigenvalue weighted by Gasteiger charge is 2.27. The van der Waals surface area contributed by atoms with Crippen LogP contribution in [0.4, 0.5) is 5.69 Å². The van der Waals surface area contributed by atoms with E-state index in [4.69, 9.17) is 0 Å². The van der Waals surface area contributed by atoms with E-state index >= 15 is 0 Å². The molecule has 1 aromatic rings. The van der Waals surface area contributed by atoms with Crippen LogP contribution in [0.2, 0.25) is 0 Å². The fourth-order valence-corrected chi connectivity index (χ4v) is 3.48. The van der Waals surface area contributed by atoms with Crippen LogP contribution in [0.3, 0.4) is 0 Å². The Balaban J connectivity index is 1.60. The number of likely N-dealkylation sites (tertiary alicyclic amines) is 1. The molecule has 2 N–H and O–H groups in total. The van der Waals surface area contributed by atoms with Crippen molar-refractivity contribution in [2.75, 3.05) is 31.5 Å². The van der Waals surface area contributed by atoms with Gasteiger partial charge in [-0.05, 0) is 50.9 Å². The number of carbonyl (C=O) groups excluding carboxylic acids is 1. The molecule has 1 fully saturated rings. The van der Waals surface area contributed by atoms with Gasteiger partial charge < -0.3 is 15.5 Å². The first-order valence-corrected chi connectivity index (χ1v) is 8.09. The monoisotopic (exact) mass is 287 g/mol. The molecule has 4 heteroatoms. The number of rotatable bonds is 4. The average molecular weight is 287 g/mol. The zero-order chi connectivity index (χ0) is 14.7. The maximum atomic E-state index is 12.6. The number of hydrogen-bond donors (Lipinski definition) is 2. The largest absolute Gasteiger partial charge is 0.385 e. The molecule has 114 valence electrons. The summed E-state index contributed by atoms with van der Waals surface area (Å²) in [6, 6.07) is 8.37. The van der Waals surface area contributed by atoms with Gasteiger partial charge in [0.15, 0.2) is 0 Å². The van der Waals surface area contributed by atoms with Gasteiger partial charge in [-0.2, -0.15) is 0 Å². The Hall–Kier alpha value is -1.55. The van der Waals surface area contributed by atoms with Crippen molar-refractivity contribution >= 4 is 11.6 Å². The Morgan fingerprint density at radius 2 is 2.14 bits per heavy atom. The van der Waals surface area contributed by atoms with Crippen molar-refractivity contribution in [2.45, 2.75) is 38.1 Å². The molecule has 1 saturated heterocycles. The molecule has 0 bridgehead atoms. The highest BCUT2D eigenvalue weighted by atomic mass is 16.1. The summed E-state index contributed by atoms with van der Waals surface area (Å²) in [5.74, 6) is 0.166. The zero-order valence-corrected chi connectivity index (χ0v) is 12.8. The van der Waals surface area contributed by atoms with Gasteiger partial charge in [0.25, 0.3) is 0 Å². The van der Waals surface area contributed by atoms with E-state index in [2.05, 4.69) is 34.6 Å². The maximum absolute atomic E-state index is 12.6. The number of para-hydroxylation sites is 1. The van der Waals surface area contributed by atoms with Crippen LogP contribution >= 0.6 is 0 Å². The normalized spacial score (nSPS) is 23.2. The number of nitrogens with one attached hydrogen (secondary N) is 2. The van der Waals surface area contributed by atoms with E-state index in [9.17, 15) is 4.79 Å². The lowest BCUT2D eigenvalue weighted by Gasteiger charge is -2.28. The summed E-state index contributed by atoms with van der Waals surface area (Å²) in [5.41, 5.74) is 2.24. The third-order valence-corrected chi connectivity index (χ3v) is 4.52. The second-order valence-electron chi connectivity index (χ2n) is 6.27. The summed E-state index contributed by atoms with van der Waals surface area (Å²) in [4.78, 5) is 15.0. The highest BCUT2D eigenvalue weighted by molar-refractivity contribution is 5.86. The van der Waals surface area contributed by atoms with Gasteiger partial charge in [-0.1, -0.05) is 18.2 Å². The number of hydrogen-bond acceptors (Lipinski definition) is 3. The summed E-state index contributed by atoms with van der Waals surface area (Å²) in [5, 5.41) is 6.58. The van der Waals surface area contributed by atoms with Crippen molar-refractivity contribution in [1.82, 2.24) is 10.2 Å². The van der Waals surface area contributed by atoms with Crippen LogP contribution in [-0.2, 0) is 4.79 Å². The van der Waals surface area contributed by atoms with Crippen molar-refractivity contribution < 1.29 is 4.79 Å². The minimum Gasteiger partial charge on any atom is -0.385 e. The SMILES string of the molecule is CC(CN1CCCC1)NC(=O)C1CCNc2ccccc21. The molecule has 0 saturated carbocycles. The van der Waals surface area contributed by atoms with Crippen LogP contribution in [0.25, 0.3) is 0 Å². The average Bonchev–Trinajstić information content (AvgIpc) is 2.99.